The van der Waals surface area contributed by atoms with Crippen LogP contribution in [0.3, 0.4) is 0 Å². The van der Waals surface area contributed by atoms with E-state index in [2.05, 4.69) is 20.4 Å². The van der Waals surface area contributed by atoms with Crippen molar-refractivity contribution in [3.63, 3.8) is 0 Å². The Morgan fingerprint density at radius 3 is 2.96 bits per heavy atom. The molecule has 0 radical (unpaired) electrons. The standard InChI is InChI=1S/C20H21ClN4O2S/c21-16-7-5-14(6-8-16)11-22-20(26)15-3-1-9-25(12-15)13-18-23-19(24-27-18)17-4-2-10-28-17/h2,4-8,10,15H,1,3,9,11-13H2,(H,22,26). The number of carbonyl (C=O) groups is 1. The maximum Gasteiger partial charge on any atom is 0.241 e. The van der Waals surface area contributed by atoms with Crippen LogP contribution in [0.15, 0.2) is 46.3 Å². The van der Waals surface area contributed by atoms with Gasteiger partial charge in [0.2, 0.25) is 17.6 Å². The van der Waals surface area contributed by atoms with Gasteiger partial charge >= 0.3 is 0 Å². The van der Waals surface area contributed by atoms with E-state index in [1.807, 2.05) is 41.8 Å². The summed E-state index contributed by atoms with van der Waals surface area (Å²) < 4.78 is 5.39. The Bertz CT molecular complexity index is 911. The van der Waals surface area contributed by atoms with Crippen LogP contribution in [0.25, 0.3) is 10.7 Å². The molecule has 4 rings (SSSR count). The summed E-state index contributed by atoms with van der Waals surface area (Å²) in [6, 6.07) is 11.5. The van der Waals surface area contributed by atoms with Gasteiger partial charge in [-0.1, -0.05) is 35.0 Å². The van der Waals surface area contributed by atoms with Crippen molar-refractivity contribution in [3.8, 4) is 10.7 Å². The number of nitrogens with one attached hydrogen (secondary N) is 1. The molecule has 3 heterocycles. The van der Waals surface area contributed by atoms with Gasteiger partial charge in [0.15, 0.2) is 0 Å². The SMILES string of the molecule is O=C(NCc1ccc(Cl)cc1)C1CCCN(Cc2nc(-c3cccs3)no2)C1. The van der Waals surface area contributed by atoms with Crippen molar-refractivity contribution in [2.75, 3.05) is 13.1 Å². The van der Waals surface area contributed by atoms with Crippen molar-refractivity contribution in [1.29, 1.82) is 0 Å². The fourth-order valence-corrected chi connectivity index (χ4v) is 4.14. The third-order valence-electron chi connectivity index (χ3n) is 4.82. The second-order valence-electron chi connectivity index (χ2n) is 6.91. The predicted octanol–water partition coefficient (Wildman–Crippen LogP) is 3.98. The quantitative estimate of drug-likeness (QED) is 0.658. The molecule has 1 amide bonds. The van der Waals surface area contributed by atoms with E-state index in [1.165, 1.54) is 0 Å². The number of likely N-dealkylation sites (tertiary alicyclic amines) is 1. The van der Waals surface area contributed by atoms with Gasteiger partial charge in [-0.25, -0.2) is 0 Å². The van der Waals surface area contributed by atoms with Crippen molar-refractivity contribution < 1.29 is 9.32 Å². The Morgan fingerprint density at radius 2 is 2.18 bits per heavy atom. The maximum atomic E-state index is 12.6. The zero-order valence-electron chi connectivity index (χ0n) is 15.3. The lowest BCUT2D eigenvalue weighted by atomic mass is 9.97. The van der Waals surface area contributed by atoms with Crippen LogP contribution in [0.4, 0.5) is 0 Å². The van der Waals surface area contributed by atoms with Gasteiger partial charge in [0.1, 0.15) is 0 Å². The normalized spacial score (nSPS) is 17.5. The first kappa shape index (κ1) is 19.1. The molecule has 1 fully saturated rings. The zero-order valence-corrected chi connectivity index (χ0v) is 16.9. The molecule has 1 atom stereocenters. The second-order valence-corrected chi connectivity index (χ2v) is 8.29. The molecule has 0 bridgehead atoms. The van der Waals surface area contributed by atoms with Crippen LogP contribution in [0.2, 0.25) is 5.02 Å². The number of hydrogen-bond acceptors (Lipinski definition) is 6. The van der Waals surface area contributed by atoms with Gasteiger partial charge in [-0.05, 0) is 48.5 Å². The van der Waals surface area contributed by atoms with Crippen molar-refractivity contribution in [3.05, 3.63) is 58.3 Å². The Hall–Kier alpha value is -2.22. The molecule has 6 nitrogen and oxygen atoms in total. The second kappa shape index (κ2) is 8.86. The largest absolute Gasteiger partial charge is 0.352 e. The summed E-state index contributed by atoms with van der Waals surface area (Å²) in [6.07, 6.45) is 1.87. The minimum atomic E-state index is -0.0271. The first-order valence-electron chi connectivity index (χ1n) is 9.28. The summed E-state index contributed by atoms with van der Waals surface area (Å²) in [5.41, 5.74) is 1.04. The van der Waals surface area contributed by atoms with Crippen LogP contribution in [-0.2, 0) is 17.9 Å². The molecule has 1 saturated heterocycles. The molecule has 8 heteroatoms. The van der Waals surface area contributed by atoms with Gasteiger partial charge in [0.25, 0.3) is 0 Å². The number of hydrogen-bond donors (Lipinski definition) is 1. The molecular weight excluding hydrogens is 396 g/mol. The van der Waals surface area contributed by atoms with Crippen molar-refractivity contribution in [2.45, 2.75) is 25.9 Å². The molecule has 3 aromatic rings. The monoisotopic (exact) mass is 416 g/mol. The van der Waals surface area contributed by atoms with Crippen LogP contribution in [0.5, 0.6) is 0 Å². The first-order chi connectivity index (χ1) is 13.7. The molecule has 1 aliphatic rings. The van der Waals surface area contributed by atoms with Crippen molar-refractivity contribution in [1.82, 2.24) is 20.4 Å². The number of benzene rings is 1. The minimum Gasteiger partial charge on any atom is -0.352 e. The van der Waals surface area contributed by atoms with E-state index in [-0.39, 0.29) is 11.8 Å². The first-order valence-corrected chi connectivity index (χ1v) is 10.5. The Labute approximate surface area is 172 Å². The Kier molecular flexibility index (Phi) is 6.04. The highest BCUT2D eigenvalue weighted by molar-refractivity contribution is 7.13. The Morgan fingerprint density at radius 1 is 1.32 bits per heavy atom. The number of thiophene rings is 1. The van der Waals surface area contributed by atoms with Crippen LogP contribution >= 0.6 is 22.9 Å². The highest BCUT2D eigenvalue weighted by atomic mass is 35.5. The summed E-state index contributed by atoms with van der Waals surface area (Å²) in [6.45, 7) is 2.71. The van der Waals surface area contributed by atoms with E-state index in [0.717, 1.165) is 29.8 Å². The molecular formula is C20H21ClN4O2S. The van der Waals surface area contributed by atoms with E-state index < -0.39 is 0 Å². The van der Waals surface area contributed by atoms with Gasteiger partial charge in [-0.15, -0.1) is 11.3 Å². The summed E-state index contributed by atoms with van der Waals surface area (Å²) in [4.78, 5) is 20.3. The summed E-state index contributed by atoms with van der Waals surface area (Å²) in [5.74, 6) is 1.27. The number of piperidine rings is 1. The van der Waals surface area contributed by atoms with Gasteiger partial charge in [-0.3, -0.25) is 9.69 Å². The van der Waals surface area contributed by atoms with Gasteiger partial charge in [0, 0.05) is 18.1 Å². The highest BCUT2D eigenvalue weighted by Gasteiger charge is 2.26. The van der Waals surface area contributed by atoms with E-state index in [1.54, 1.807) is 11.3 Å². The predicted molar refractivity (Wildman–Crippen MR) is 109 cm³/mol. The molecule has 1 unspecified atom stereocenters. The third kappa shape index (κ3) is 4.79. The van der Waals surface area contributed by atoms with Crippen LogP contribution in [-0.4, -0.2) is 34.0 Å². The minimum absolute atomic E-state index is 0.0271. The lowest BCUT2D eigenvalue weighted by Crippen LogP contribution is -2.42. The molecule has 28 heavy (non-hydrogen) atoms. The van der Waals surface area contributed by atoms with E-state index in [9.17, 15) is 4.79 Å². The molecule has 1 aromatic carbocycles. The van der Waals surface area contributed by atoms with E-state index in [0.29, 0.717) is 36.4 Å². The van der Waals surface area contributed by atoms with E-state index >= 15 is 0 Å². The molecule has 0 aliphatic carbocycles. The fourth-order valence-electron chi connectivity index (χ4n) is 3.37. The lowest BCUT2D eigenvalue weighted by Gasteiger charge is -2.30. The van der Waals surface area contributed by atoms with Crippen LogP contribution < -0.4 is 5.32 Å². The summed E-state index contributed by atoms with van der Waals surface area (Å²) in [7, 11) is 0. The number of aromatic nitrogens is 2. The molecule has 0 spiro atoms. The fraction of sp³-hybridized carbons (Fsp3) is 0.350. The van der Waals surface area contributed by atoms with Crippen LogP contribution in [0.1, 0.15) is 24.3 Å². The van der Waals surface area contributed by atoms with Crippen molar-refractivity contribution >= 4 is 28.8 Å². The van der Waals surface area contributed by atoms with Gasteiger partial charge in [0.05, 0.1) is 17.3 Å². The number of rotatable bonds is 6. The lowest BCUT2D eigenvalue weighted by molar-refractivity contribution is -0.127. The molecule has 146 valence electrons. The average molecular weight is 417 g/mol. The number of halogens is 1. The van der Waals surface area contributed by atoms with Gasteiger partial charge in [-0.2, -0.15) is 4.98 Å². The highest BCUT2D eigenvalue weighted by Crippen LogP contribution is 2.23. The molecule has 1 N–H and O–H groups in total. The Balaban J connectivity index is 1.30. The molecule has 0 saturated carbocycles. The van der Waals surface area contributed by atoms with Crippen molar-refractivity contribution in [2.24, 2.45) is 5.92 Å². The number of nitrogens with zero attached hydrogens (tertiary/aromatic N) is 3. The summed E-state index contributed by atoms with van der Waals surface area (Å²) >= 11 is 7.48. The maximum absolute atomic E-state index is 12.6. The average Bonchev–Trinajstić information content (AvgIpc) is 3.39. The van der Waals surface area contributed by atoms with Gasteiger partial charge < -0.3 is 9.84 Å². The molecule has 2 aromatic heterocycles. The topological polar surface area (TPSA) is 71.3 Å². The number of carbonyl (C=O) groups excluding carboxylic acids is 1. The van der Waals surface area contributed by atoms with E-state index in [4.69, 9.17) is 16.1 Å². The molecule has 1 aliphatic heterocycles. The third-order valence-corrected chi connectivity index (χ3v) is 5.94. The number of amides is 1. The zero-order chi connectivity index (χ0) is 19.3. The summed E-state index contributed by atoms with van der Waals surface area (Å²) in [5, 5.41) is 9.78. The smallest absolute Gasteiger partial charge is 0.241 e. The van der Waals surface area contributed by atoms with Crippen LogP contribution in [0, 0.1) is 5.92 Å².